The molecular weight excluding hydrogens is 260 g/mol. The summed E-state index contributed by atoms with van der Waals surface area (Å²) >= 11 is 1.50. The molecule has 0 aliphatic carbocycles. The van der Waals surface area contributed by atoms with Gasteiger partial charge in [0.05, 0.1) is 11.4 Å². The third kappa shape index (κ3) is 3.29. The standard InChI is InChI=1S/C14H18N2O2S/c1-3-10(4-2)15-14(18)9-5-6-12-11(7-9)16-13(17)8-19-12/h5-7,10H,3-4,8H2,1-2H3,(H,15,18)(H,16,17). The number of hydrogen-bond donors (Lipinski definition) is 2. The van der Waals surface area contributed by atoms with E-state index in [0.29, 0.717) is 11.3 Å². The summed E-state index contributed by atoms with van der Waals surface area (Å²) in [6, 6.07) is 5.65. The fraction of sp³-hybridized carbons (Fsp3) is 0.429. The Bertz CT molecular complexity index is 498. The van der Waals surface area contributed by atoms with Crippen LogP contribution < -0.4 is 10.6 Å². The van der Waals surface area contributed by atoms with Crippen molar-refractivity contribution in [2.75, 3.05) is 11.1 Å². The van der Waals surface area contributed by atoms with Gasteiger partial charge in [-0.2, -0.15) is 0 Å². The SMILES string of the molecule is CCC(CC)NC(=O)c1ccc2c(c1)NC(=O)CS2. The molecule has 0 unspecified atom stereocenters. The van der Waals surface area contributed by atoms with Gasteiger partial charge >= 0.3 is 0 Å². The van der Waals surface area contributed by atoms with Crippen molar-refractivity contribution >= 4 is 29.3 Å². The summed E-state index contributed by atoms with van der Waals surface area (Å²) in [5.41, 5.74) is 1.33. The van der Waals surface area contributed by atoms with Crippen molar-refractivity contribution in [3.63, 3.8) is 0 Å². The van der Waals surface area contributed by atoms with Crippen molar-refractivity contribution in [1.29, 1.82) is 0 Å². The largest absolute Gasteiger partial charge is 0.349 e. The van der Waals surface area contributed by atoms with E-state index in [0.717, 1.165) is 23.4 Å². The number of anilines is 1. The molecule has 1 heterocycles. The molecule has 0 aromatic heterocycles. The van der Waals surface area contributed by atoms with Crippen molar-refractivity contribution in [2.24, 2.45) is 0 Å². The fourth-order valence-corrected chi connectivity index (χ4v) is 2.77. The highest BCUT2D eigenvalue weighted by atomic mass is 32.2. The molecule has 1 aromatic carbocycles. The summed E-state index contributed by atoms with van der Waals surface area (Å²) < 4.78 is 0. The number of rotatable bonds is 4. The monoisotopic (exact) mass is 278 g/mol. The first-order chi connectivity index (χ1) is 9.13. The van der Waals surface area contributed by atoms with Gasteiger partial charge in [-0.15, -0.1) is 11.8 Å². The van der Waals surface area contributed by atoms with Crippen LogP contribution >= 0.6 is 11.8 Å². The second kappa shape index (κ2) is 6.10. The van der Waals surface area contributed by atoms with Gasteiger partial charge in [-0.05, 0) is 31.0 Å². The number of hydrogen-bond acceptors (Lipinski definition) is 3. The molecule has 0 radical (unpaired) electrons. The Hall–Kier alpha value is -1.49. The van der Waals surface area contributed by atoms with Crippen molar-refractivity contribution in [2.45, 2.75) is 37.6 Å². The van der Waals surface area contributed by atoms with Gasteiger partial charge in [0.2, 0.25) is 5.91 Å². The van der Waals surface area contributed by atoms with E-state index in [-0.39, 0.29) is 17.9 Å². The molecule has 2 N–H and O–H groups in total. The Labute approximate surface area is 117 Å². The third-order valence-corrected chi connectivity index (χ3v) is 4.27. The van der Waals surface area contributed by atoms with Crippen LogP contribution in [-0.4, -0.2) is 23.6 Å². The predicted molar refractivity (Wildman–Crippen MR) is 77.6 cm³/mol. The summed E-state index contributed by atoms with van der Waals surface area (Å²) in [7, 11) is 0. The zero-order valence-electron chi connectivity index (χ0n) is 11.2. The van der Waals surface area contributed by atoms with Crippen molar-refractivity contribution in [1.82, 2.24) is 5.32 Å². The first-order valence-corrected chi connectivity index (χ1v) is 7.50. The highest BCUT2D eigenvalue weighted by Crippen LogP contribution is 2.31. The maximum atomic E-state index is 12.1. The highest BCUT2D eigenvalue weighted by Gasteiger charge is 2.18. The van der Waals surface area contributed by atoms with Gasteiger partial charge < -0.3 is 10.6 Å². The van der Waals surface area contributed by atoms with Crippen LogP contribution in [0.25, 0.3) is 0 Å². The lowest BCUT2D eigenvalue weighted by atomic mass is 10.1. The normalized spacial score (nSPS) is 13.9. The van der Waals surface area contributed by atoms with Gasteiger partial charge in [-0.1, -0.05) is 13.8 Å². The predicted octanol–water partition coefficient (Wildman–Crippen LogP) is 2.65. The minimum Gasteiger partial charge on any atom is -0.349 e. The molecule has 0 fully saturated rings. The number of carbonyl (C=O) groups is 2. The van der Waals surface area contributed by atoms with E-state index in [9.17, 15) is 9.59 Å². The Kier molecular flexibility index (Phi) is 4.47. The van der Waals surface area contributed by atoms with Gasteiger partial charge in [0, 0.05) is 16.5 Å². The van der Waals surface area contributed by atoms with Crippen LogP contribution in [0.3, 0.4) is 0 Å². The van der Waals surface area contributed by atoms with Gasteiger partial charge in [0.1, 0.15) is 0 Å². The molecule has 1 aliphatic heterocycles. The van der Waals surface area contributed by atoms with Crippen LogP contribution in [0.5, 0.6) is 0 Å². The Morgan fingerprint density at radius 1 is 1.42 bits per heavy atom. The summed E-state index contributed by atoms with van der Waals surface area (Å²) in [5, 5.41) is 5.79. The molecule has 2 rings (SSSR count). The molecule has 0 saturated heterocycles. The minimum absolute atomic E-state index is 0.0185. The summed E-state index contributed by atoms with van der Waals surface area (Å²) in [6.45, 7) is 4.11. The third-order valence-electron chi connectivity index (χ3n) is 3.20. The van der Waals surface area contributed by atoms with E-state index in [4.69, 9.17) is 0 Å². The first kappa shape index (κ1) is 13.9. The number of benzene rings is 1. The number of carbonyl (C=O) groups excluding carboxylic acids is 2. The molecule has 0 bridgehead atoms. The van der Waals surface area contributed by atoms with E-state index < -0.39 is 0 Å². The van der Waals surface area contributed by atoms with Crippen molar-refractivity contribution in [3.8, 4) is 0 Å². The zero-order chi connectivity index (χ0) is 13.8. The van der Waals surface area contributed by atoms with Crippen LogP contribution in [0.4, 0.5) is 5.69 Å². The van der Waals surface area contributed by atoms with E-state index >= 15 is 0 Å². The van der Waals surface area contributed by atoms with Crippen LogP contribution in [0.15, 0.2) is 23.1 Å². The second-order valence-corrected chi connectivity index (χ2v) is 5.55. The zero-order valence-corrected chi connectivity index (χ0v) is 12.0. The molecular formula is C14H18N2O2S. The number of thioether (sulfide) groups is 1. The highest BCUT2D eigenvalue weighted by molar-refractivity contribution is 8.00. The second-order valence-electron chi connectivity index (χ2n) is 4.53. The van der Waals surface area contributed by atoms with Gasteiger partial charge in [-0.25, -0.2) is 0 Å². The molecule has 2 amide bonds. The van der Waals surface area contributed by atoms with Crippen LogP contribution in [0.1, 0.15) is 37.0 Å². The number of fused-ring (bicyclic) bond motifs is 1. The first-order valence-electron chi connectivity index (χ1n) is 6.51. The molecule has 1 aliphatic rings. The molecule has 0 saturated carbocycles. The molecule has 19 heavy (non-hydrogen) atoms. The summed E-state index contributed by atoms with van der Waals surface area (Å²) in [5.74, 6) is 0.336. The smallest absolute Gasteiger partial charge is 0.251 e. The molecule has 102 valence electrons. The van der Waals surface area contributed by atoms with E-state index in [1.54, 1.807) is 12.1 Å². The lowest BCUT2D eigenvalue weighted by Crippen LogP contribution is -2.33. The molecule has 0 atom stereocenters. The van der Waals surface area contributed by atoms with Crippen LogP contribution in [0.2, 0.25) is 0 Å². The van der Waals surface area contributed by atoms with Crippen LogP contribution in [-0.2, 0) is 4.79 Å². The minimum atomic E-state index is -0.0821. The lowest BCUT2D eigenvalue weighted by molar-refractivity contribution is -0.113. The average Bonchev–Trinajstić information content (AvgIpc) is 2.43. The summed E-state index contributed by atoms with van der Waals surface area (Å²) in [4.78, 5) is 24.5. The molecule has 1 aromatic rings. The molecule has 0 spiro atoms. The maximum absolute atomic E-state index is 12.1. The topological polar surface area (TPSA) is 58.2 Å². The fourth-order valence-electron chi connectivity index (χ4n) is 1.99. The quantitative estimate of drug-likeness (QED) is 0.890. The summed E-state index contributed by atoms with van der Waals surface area (Å²) in [6.07, 6.45) is 1.83. The van der Waals surface area contributed by atoms with Gasteiger partial charge in [0.25, 0.3) is 5.91 Å². The Morgan fingerprint density at radius 3 is 2.84 bits per heavy atom. The van der Waals surface area contributed by atoms with Gasteiger partial charge in [0.15, 0.2) is 0 Å². The molecule has 5 heteroatoms. The number of nitrogens with one attached hydrogen (secondary N) is 2. The number of amides is 2. The van der Waals surface area contributed by atoms with Crippen LogP contribution in [0, 0.1) is 0 Å². The van der Waals surface area contributed by atoms with Gasteiger partial charge in [-0.3, -0.25) is 9.59 Å². The lowest BCUT2D eigenvalue weighted by Gasteiger charge is -2.18. The average molecular weight is 278 g/mol. The van der Waals surface area contributed by atoms with Crippen molar-refractivity contribution < 1.29 is 9.59 Å². The Balaban J connectivity index is 2.15. The van der Waals surface area contributed by atoms with E-state index in [1.165, 1.54) is 11.8 Å². The maximum Gasteiger partial charge on any atom is 0.251 e. The van der Waals surface area contributed by atoms with Crippen molar-refractivity contribution in [3.05, 3.63) is 23.8 Å². The molecule has 4 nitrogen and oxygen atoms in total. The van der Waals surface area contributed by atoms with E-state index in [1.807, 2.05) is 6.07 Å². The Morgan fingerprint density at radius 2 is 2.16 bits per heavy atom. The van der Waals surface area contributed by atoms with E-state index in [2.05, 4.69) is 24.5 Å².